The number of aromatic nitrogens is 5. The lowest BCUT2D eigenvalue weighted by Gasteiger charge is -2.12. The minimum atomic E-state index is -0.936. The number of nitrogens with zero attached hydrogens (tertiary/aromatic N) is 5. The normalized spacial score (nSPS) is 10.4. The molecule has 3 rings (SSSR count). The summed E-state index contributed by atoms with van der Waals surface area (Å²) in [5.74, 6) is -0.866. The molecule has 12 nitrogen and oxygen atoms in total. The molecule has 0 bridgehead atoms. The van der Waals surface area contributed by atoms with E-state index in [0.717, 1.165) is 22.5 Å². The van der Waals surface area contributed by atoms with Crippen LogP contribution in [0.4, 0.5) is 0 Å². The highest BCUT2D eigenvalue weighted by Crippen LogP contribution is 2.37. The summed E-state index contributed by atoms with van der Waals surface area (Å²) < 4.78 is 11.6. The third-order valence-electron chi connectivity index (χ3n) is 3.72. The molecule has 1 aromatic carbocycles. The molecule has 0 saturated carbocycles. The van der Waals surface area contributed by atoms with Crippen molar-refractivity contribution in [3.05, 3.63) is 71.2 Å². The van der Waals surface area contributed by atoms with Gasteiger partial charge in [0, 0.05) is 12.1 Å². The molecule has 0 fully saturated rings. The fourth-order valence-corrected chi connectivity index (χ4v) is 2.86. The van der Waals surface area contributed by atoms with Crippen LogP contribution in [0.15, 0.2) is 38.6 Å². The van der Waals surface area contributed by atoms with Crippen LogP contribution in [0.3, 0.4) is 0 Å². The van der Waals surface area contributed by atoms with Crippen molar-refractivity contribution in [2.75, 3.05) is 7.11 Å². The van der Waals surface area contributed by atoms with Crippen LogP contribution in [0.5, 0.6) is 11.6 Å². The number of H-pyrrole nitrogens is 1. The second-order valence-electron chi connectivity index (χ2n) is 5.72. The van der Waals surface area contributed by atoms with Gasteiger partial charge in [0.25, 0.3) is 11.1 Å². The number of aromatic amines is 1. The zero-order chi connectivity index (χ0) is 22.7. The lowest BCUT2D eigenvalue weighted by molar-refractivity contribution is -0.141. The average molecular weight is 465 g/mol. The van der Waals surface area contributed by atoms with E-state index in [-0.39, 0.29) is 27.4 Å². The van der Waals surface area contributed by atoms with Crippen LogP contribution in [0.1, 0.15) is 5.69 Å². The van der Waals surface area contributed by atoms with E-state index in [1.807, 2.05) is 4.98 Å². The van der Waals surface area contributed by atoms with Crippen LogP contribution < -0.4 is 21.5 Å². The van der Waals surface area contributed by atoms with Gasteiger partial charge in [-0.3, -0.25) is 19.4 Å². The Bertz CT molecular complexity index is 1380. The van der Waals surface area contributed by atoms with Crippen LogP contribution in [-0.4, -0.2) is 37.6 Å². The Morgan fingerprint density at radius 2 is 1.87 bits per heavy atom. The highest BCUT2D eigenvalue weighted by molar-refractivity contribution is 6.37. The number of methoxy groups -OCH3 is 1. The molecular weight excluding hydrogens is 455 g/mol. The maximum absolute atomic E-state index is 12.0. The number of halogens is 2. The first-order chi connectivity index (χ1) is 14.7. The molecule has 2 aromatic heterocycles. The van der Waals surface area contributed by atoms with Crippen molar-refractivity contribution in [2.45, 2.75) is 6.54 Å². The van der Waals surface area contributed by atoms with Crippen molar-refractivity contribution in [3.63, 3.8) is 0 Å². The van der Waals surface area contributed by atoms with E-state index >= 15 is 0 Å². The predicted octanol–water partition coefficient (Wildman–Crippen LogP) is 0.621. The summed E-state index contributed by atoms with van der Waals surface area (Å²) in [5, 5.41) is 16.3. The molecule has 14 heteroatoms. The summed E-state index contributed by atoms with van der Waals surface area (Å²) in [6, 6.07) is 6.42. The van der Waals surface area contributed by atoms with Crippen LogP contribution in [-0.2, 0) is 16.1 Å². The molecule has 1 N–H and O–H groups in total. The molecule has 158 valence electrons. The highest BCUT2D eigenvalue weighted by atomic mass is 35.5. The fraction of sp³-hybridized carbons (Fsp3) is 0.118. The van der Waals surface area contributed by atoms with Crippen LogP contribution in [0, 0.1) is 11.3 Å². The van der Waals surface area contributed by atoms with Gasteiger partial charge in [-0.25, -0.2) is 9.48 Å². The van der Waals surface area contributed by atoms with Crippen molar-refractivity contribution in [3.8, 4) is 23.4 Å². The molecule has 0 aliphatic rings. The lowest BCUT2D eigenvalue weighted by atomic mass is 10.3. The zero-order valence-electron chi connectivity index (χ0n) is 15.5. The van der Waals surface area contributed by atoms with E-state index in [0.29, 0.717) is 0 Å². The number of rotatable bonds is 5. The Morgan fingerprint density at radius 1 is 1.19 bits per heavy atom. The molecule has 0 unspecified atom stereocenters. The molecule has 0 aliphatic carbocycles. The Morgan fingerprint density at radius 3 is 2.48 bits per heavy atom. The summed E-state index contributed by atoms with van der Waals surface area (Å²) in [5.41, 5.74) is -2.91. The minimum absolute atomic E-state index is 0.0451. The predicted molar refractivity (Wildman–Crippen MR) is 106 cm³/mol. The maximum atomic E-state index is 12.0. The first-order valence-corrected chi connectivity index (χ1v) is 8.95. The van der Waals surface area contributed by atoms with E-state index < -0.39 is 35.0 Å². The fourth-order valence-electron chi connectivity index (χ4n) is 2.30. The molecule has 3 aromatic rings. The number of carbonyl (C=O) groups is 1. The van der Waals surface area contributed by atoms with E-state index in [2.05, 4.69) is 14.9 Å². The third-order valence-corrected chi connectivity index (χ3v) is 4.28. The number of hydrogen-bond acceptors (Lipinski definition) is 9. The van der Waals surface area contributed by atoms with Gasteiger partial charge in [0.15, 0.2) is 5.75 Å². The van der Waals surface area contributed by atoms with Gasteiger partial charge in [0.1, 0.15) is 12.6 Å². The first-order valence-electron chi connectivity index (χ1n) is 8.19. The number of nitrogens with one attached hydrogen (secondary N) is 1. The SMILES string of the molecule is COC(=O)Cn1nc(Oc2c(Cl)cc(-n3nc(C#N)c(=O)[nH]c3=O)cc2Cl)ccc1=O. The van der Waals surface area contributed by atoms with Crippen LogP contribution in [0.2, 0.25) is 10.0 Å². The van der Waals surface area contributed by atoms with Gasteiger partial charge in [-0.1, -0.05) is 23.2 Å². The molecule has 31 heavy (non-hydrogen) atoms. The Balaban J connectivity index is 2.00. The van der Waals surface area contributed by atoms with Gasteiger partial charge >= 0.3 is 11.7 Å². The summed E-state index contributed by atoms with van der Waals surface area (Å²) in [6.45, 7) is -0.436. The summed E-state index contributed by atoms with van der Waals surface area (Å²) >= 11 is 12.4. The second kappa shape index (κ2) is 8.82. The van der Waals surface area contributed by atoms with Crippen LogP contribution in [0.25, 0.3) is 5.69 Å². The smallest absolute Gasteiger partial charge is 0.349 e. The van der Waals surface area contributed by atoms with Gasteiger partial charge in [-0.2, -0.15) is 9.94 Å². The van der Waals surface area contributed by atoms with Crippen molar-refractivity contribution in [1.29, 1.82) is 5.26 Å². The molecule has 2 heterocycles. The number of hydrogen-bond donors (Lipinski definition) is 1. The number of carbonyl (C=O) groups excluding carboxylic acids is 1. The molecule has 0 spiro atoms. The monoisotopic (exact) mass is 464 g/mol. The first kappa shape index (κ1) is 21.8. The molecule has 0 amide bonds. The average Bonchev–Trinajstić information content (AvgIpc) is 2.72. The third kappa shape index (κ3) is 4.63. The van der Waals surface area contributed by atoms with E-state index in [1.165, 1.54) is 18.2 Å². The standard InChI is InChI=1S/C17H10Cl2N6O6/c1-30-14(27)7-24-13(26)3-2-12(23-24)31-15-9(18)4-8(5-10(15)19)25-17(29)21-16(28)11(6-20)22-25/h2-5H,7H2,1H3,(H,21,28,29). The topological polar surface area (TPSA) is 162 Å². The van der Waals surface area contributed by atoms with E-state index in [9.17, 15) is 19.2 Å². The number of benzene rings is 1. The van der Waals surface area contributed by atoms with Gasteiger partial charge < -0.3 is 9.47 Å². The Labute approximate surface area is 181 Å². The van der Waals surface area contributed by atoms with Crippen molar-refractivity contribution in [1.82, 2.24) is 24.5 Å². The number of esters is 1. The van der Waals surface area contributed by atoms with Gasteiger partial charge in [-0.05, 0) is 12.1 Å². The molecule has 0 atom stereocenters. The molecule has 0 radical (unpaired) electrons. The largest absolute Gasteiger partial charge is 0.468 e. The molecular formula is C17H10Cl2N6O6. The summed E-state index contributed by atoms with van der Waals surface area (Å²) in [4.78, 5) is 48.7. The highest BCUT2D eigenvalue weighted by Gasteiger charge is 2.16. The van der Waals surface area contributed by atoms with Crippen LogP contribution >= 0.6 is 23.2 Å². The van der Waals surface area contributed by atoms with E-state index in [4.69, 9.17) is 33.2 Å². The second-order valence-corrected chi connectivity index (χ2v) is 6.53. The van der Waals surface area contributed by atoms with Crippen molar-refractivity contribution >= 4 is 29.2 Å². The van der Waals surface area contributed by atoms with Crippen molar-refractivity contribution in [2.24, 2.45) is 0 Å². The minimum Gasteiger partial charge on any atom is -0.468 e. The van der Waals surface area contributed by atoms with Crippen molar-refractivity contribution < 1.29 is 14.3 Å². The van der Waals surface area contributed by atoms with Gasteiger partial charge in [0.2, 0.25) is 11.6 Å². The Hall–Kier alpha value is -3.95. The van der Waals surface area contributed by atoms with Gasteiger partial charge in [-0.15, -0.1) is 10.2 Å². The van der Waals surface area contributed by atoms with Gasteiger partial charge in [0.05, 0.1) is 22.8 Å². The summed E-state index contributed by atoms with van der Waals surface area (Å²) in [7, 11) is 1.16. The summed E-state index contributed by atoms with van der Waals surface area (Å²) in [6.07, 6.45) is 0. The lowest BCUT2D eigenvalue weighted by Crippen LogP contribution is -2.33. The number of nitriles is 1. The molecule has 0 saturated heterocycles. The van der Waals surface area contributed by atoms with E-state index in [1.54, 1.807) is 6.07 Å². The molecule has 0 aliphatic heterocycles. The Kier molecular flexibility index (Phi) is 6.19. The number of ether oxygens (including phenoxy) is 2. The quantitative estimate of drug-likeness (QED) is 0.533. The zero-order valence-corrected chi connectivity index (χ0v) is 17.0. The maximum Gasteiger partial charge on any atom is 0.349 e.